The summed E-state index contributed by atoms with van der Waals surface area (Å²) in [6, 6.07) is -0.187. The first-order valence-electron chi connectivity index (χ1n) is 6.35. The zero-order chi connectivity index (χ0) is 14.3. The monoisotopic (exact) mass is 278 g/mol. The fourth-order valence-corrected chi connectivity index (χ4v) is 2.75. The summed E-state index contributed by atoms with van der Waals surface area (Å²) in [6.07, 6.45) is 3.75. The van der Waals surface area contributed by atoms with Crippen LogP contribution >= 0.6 is 0 Å². The molecular weight excluding hydrogens is 252 g/mol. The Bertz CT molecular complexity index is 352. The van der Waals surface area contributed by atoms with Crippen molar-refractivity contribution in [3.63, 3.8) is 0 Å². The molecule has 5 nitrogen and oxygen atoms in total. The minimum Gasteiger partial charge on any atom is -0.352 e. The van der Waals surface area contributed by atoms with Crippen molar-refractivity contribution in [1.29, 1.82) is 0 Å². The Hall–Kier alpha value is -0.620. The molecule has 0 aromatic carbocycles. The van der Waals surface area contributed by atoms with E-state index >= 15 is 0 Å². The second-order valence-corrected chi connectivity index (χ2v) is 7.50. The van der Waals surface area contributed by atoms with Crippen LogP contribution in [0.2, 0.25) is 0 Å². The Balaban J connectivity index is 4.00. The largest absolute Gasteiger partial charge is 0.352 e. The van der Waals surface area contributed by atoms with Gasteiger partial charge in [-0.3, -0.25) is 4.79 Å². The quantitative estimate of drug-likeness (QED) is 0.683. The summed E-state index contributed by atoms with van der Waals surface area (Å²) in [5, 5.41) is 2.72. The lowest BCUT2D eigenvalue weighted by Crippen LogP contribution is -2.40. The first kappa shape index (κ1) is 17.4. The Morgan fingerprint density at radius 3 is 2.22 bits per heavy atom. The van der Waals surface area contributed by atoms with Crippen LogP contribution in [0, 0.1) is 5.92 Å². The highest BCUT2D eigenvalue weighted by Crippen LogP contribution is 2.09. The molecule has 0 radical (unpaired) electrons. The van der Waals surface area contributed by atoms with Crippen molar-refractivity contribution < 1.29 is 13.2 Å². The van der Waals surface area contributed by atoms with Gasteiger partial charge in [-0.1, -0.05) is 13.3 Å². The normalized spacial score (nSPS) is 16.9. The van der Waals surface area contributed by atoms with Gasteiger partial charge in [0.25, 0.3) is 0 Å². The molecule has 0 bridgehead atoms. The summed E-state index contributed by atoms with van der Waals surface area (Å²) < 4.78 is 22.1. The van der Waals surface area contributed by atoms with Gasteiger partial charge in [0, 0.05) is 24.3 Å². The van der Waals surface area contributed by atoms with E-state index in [-0.39, 0.29) is 29.7 Å². The molecule has 108 valence electrons. The maximum absolute atomic E-state index is 11.8. The Labute approximate surface area is 110 Å². The van der Waals surface area contributed by atoms with Gasteiger partial charge in [-0.2, -0.15) is 0 Å². The lowest BCUT2D eigenvalue weighted by molar-refractivity contribution is -0.125. The third-order valence-corrected chi connectivity index (χ3v) is 3.79. The standard InChI is InChI=1S/C12H26N2O3S/c1-9(6-5-7-10(2)13)12(15)14-11(3)8-18(4,16)17/h9-11H,5-8,13H2,1-4H3,(H,14,15). The molecule has 0 aromatic rings. The average Bonchev–Trinajstić information content (AvgIpc) is 2.13. The van der Waals surface area contributed by atoms with Gasteiger partial charge in [-0.15, -0.1) is 0 Å². The molecule has 3 unspecified atom stereocenters. The molecule has 0 aliphatic rings. The van der Waals surface area contributed by atoms with Crippen LogP contribution in [0.1, 0.15) is 40.0 Å². The third kappa shape index (κ3) is 9.41. The number of nitrogens with two attached hydrogens (primary N) is 1. The van der Waals surface area contributed by atoms with Crippen LogP contribution in [0.25, 0.3) is 0 Å². The van der Waals surface area contributed by atoms with E-state index in [2.05, 4.69) is 5.32 Å². The second-order valence-electron chi connectivity index (χ2n) is 5.31. The first-order valence-corrected chi connectivity index (χ1v) is 8.41. The smallest absolute Gasteiger partial charge is 0.223 e. The van der Waals surface area contributed by atoms with Gasteiger partial charge in [0.1, 0.15) is 9.84 Å². The molecule has 0 aliphatic carbocycles. The van der Waals surface area contributed by atoms with Crippen molar-refractivity contribution in [1.82, 2.24) is 5.32 Å². The van der Waals surface area contributed by atoms with Crippen molar-refractivity contribution in [2.24, 2.45) is 11.7 Å². The van der Waals surface area contributed by atoms with Crippen LogP contribution in [-0.2, 0) is 14.6 Å². The average molecular weight is 278 g/mol. The Morgan fingerprint density at radius 1 is 1.22 bits per heavy atom. The highest BCUT2D eigenvalue weighted by atomic mass is 32.2. The molecule has 0 spiro atoms. The summed E-state index contributed by atoms with van der Waals surface area (Å²) in [5.41, 5.74) is 5.64. The number of hydrogen-bond acceptors (Lipinski definition) is 4. The minimum atomic E-state index is -3.05. The Morgan fingerprint density at radius 2 is 1.78 bits per heavy atom. The molecule has 0 fully saturated rings. The maximum atomic E-state index is 11.8. The SMILES string of the molecule is CC(N)CCCC(C)C(=O)NC(C)CS(C)(=O)=O. The van der Waals surface area contributed by atoms with Crippen LogP contribution in [0.15, 0.2) is 0 Å². The zero-order valence-corrected chi connectivity index (χ0v) is 12.6. The zero-order valence-electron chi connectivity index (χ0n) is 11.8. The number of sulfone groups is 1. The molecule has 6 heteroatoms. The molecule has 0 aliphatic heterocycles. The molecule has 0 saturated heterocycles. The van der Waals surface area contributed by atoms with Crippen LogP contribution in [-0.4, -0.2) is 38.4 Å². The van der Waals surface area contributed by atoms with E-state index in [1.54, 1.807) is 6.92 Å². The van der Waals surface area contributed by atoms with Gasteiger partial charge in [0.05, 0.1) is 5.75 Å². The molecule has 0 rings (SSSR count). The van der Waals surface area contributed by atoms with Crippen LogP contribution in [0.5, 0.6) is 0 Å². The first-order chi connectivity index (χ1) is 8.11. The number of carbonyl (C=O) groups excluding carboxylic acids is 1. The maximum Gasteiger partial charge on any atom is 0.223 e. The van der Waals surface area contributed by atoms with E-state index in [9.17, 15) is 13.2 Å². The van der Waals surface area contributed by atoms with Gasteiger partial charge in [0.15, 0.2) is 0 Å². The molecule has 3 N–H and O–H groups in total. The van der Waals surface area contributed by atoms with Gasteiger partial charge in [-0.05, 0) is 26.7 Å². The van der Waals surface area contributed by atoms with E-state index in [0.29, 0.717) is 0 Å². The van der Waals surface area contributed by atoms with E-state index in [1.807, 2.05) is 13.8 Å². The molecule has 1 amide bonds. The number of amides is 1. The number of carbonyl (C=O) groups is 1. The lowest BCUT2D eigenvalue weighted by atomic mass is 10.0. The second kappa shape index (κ2) is 7.74. The van der Waals surface area contributed by atoms with Crippen LogP contribution in [0.3, 0.4) is 0 Å². The predicted molar refractivity (Wildman–Crippen MR) is 74.0 cm³/mol. The molecule has 3 atom stereocenters. The van der Waals surface area contributed by atoms with Crippen LogP contribution in [0.4, 0.5) is 0 Å². The molecular formula is C12H26N2O3S. The fraction of sp³-hybridized carbons (Fsp3) is 0.917. The summed E-state index contributed by atoms with van der Waals surface area (Å²) in [4.78, 5) is 11.8. The Kier molecular flexibility index (Phi) is 7.47. The fourth-order valence-electron chi connectivity index (χ4n) is 1.76. The van der Waals surface area contributed by atoms with Crippen molar-refractivity contribution >= 4 is 15.7 Å². The van der Waals surface area contributed by atoms with Gasteiger partial charge in [-0.25, -0.2) is 8.42 Å². The van der Waals surface area contributed by atoms with E-state index in [0.717, 1.165) is 19.3 Å². The third-order valence-electron chi connectivity index (χ3n) is 2.69. The summed E-state index contributed by atoms with van der Waals surface area (Å²) in [6.45, 7) is 5.50. The molecule has 0 heterocycles. The van der Waals surface area contributed by atoms with E-state index in [4.69, 9.17) is 5.73 Å². The van der Waals surface area contributed by atoms with E-state index in [1.165, 1.54) is 6.26 Å². The van der Waals surface area contributed by atoms with Crippen molar-refractivity contribution in [3.05, 3.63) is 0 Å². The van der Waals surface area contributed by atoms with Gasteiger partial charge in [0.2, 0.25) is 5.91 Å². The summed E-state index contributed by atoms with van der Waals surface area (Å²) in [7, 11) is -3.05. The lowest BCUT2D eigenvalue weighted by Gasteiger charge is -2.17. The van der Waals surface area contributed by atoms with Crippen LogP contribution < -0.4 is 11.1 Å². The van der Waals surface area contributed by atoms with Gasteiger partial charge < -0.3 is 11.1 Å². The van der Waals surface area contributed by atoms with Crippen molar-refractivity contribution in [3.8, 4) is 0 Å². The number of nitrogens with one attached hydrogen (secondary N) is 1. The predicted octanol–water partition coefficient (Wildman–Crippen LogP) is 0.689. The number of hydrogen-bond donors (Lipinski definition) is 2. The summed E-state index contributed by atoms with van der Waals surface area (Å²) >= 11 is 0. The highest BCUT2D eigenvalue weighted by Gasteiger charge is 2.17. The summed E-state index contributed by atoms with van der Waals surface area (Å²) in [5.74, 6) is -0.216. The van der Waals surface area contributed by atoms with Gasteiger partial charge >= 0.3 is 0 Å². The molecule has 0 aromatic heterocycles. The number of rotatable bonds is 8. The van der Waals surface area contributed by atoms with E-state index < -0.39 is 9.84 Å². The van der Waals surface area contributed by atoms with Crippen molar-refractivity contribution in [2.75, 3.05) is 12.0 Å². The molecule has 0 saturated carbocycles. The topological polar surface area (TPSA) is 89.3 Å². The highest BCUT2D eigenvalue weighted by molar-refractivity contribution is 7.90. The van der Waals surface area contributed by atoms with Crippen molar-refractivity contribution in [2.45, 2.75) is 52.1 Å². The minimum absolute atomic E-state index is 0.0225. The molecule has 18 heavy (non-hydrogen) atoms.